The van der Waals surface area contributed by atoms with Crippen molar-refractivity contribution < 1.29 is 31.8 Å². The Morgan fingerprint density at radius 2 is 1.84 bits per heavy atom. The molecule has 1 atom stereocenters. The van der Waals surface area contributed by atoms with E-state index in [0.717, 1.165) is 16.7 Å². The van der Waals surface area contributed by atoms with Crippen molar-refractivity contribution in [3.05, 3.63) is 99.3 Å². The first kappa shape index (κ1) is 33.0. The number of halogens is 2. The van der Waals surface area contributed by atoms with Crippen molar-refractivity contribution in [3.63, 3.8) is 0 Å². The first-order chi connectivity index (χ1) is 20.3. The summed E-state index contributed by atoms with van der Waals surface area (Å²) in [5.41, 5.74) is 0.103. The summed E-state index contributed by atoms with van der Waals surface area (Å²) in [5, 5.41) is 19.9. The summed E-state index contributed by atoms with van der Waals surface area (Å²) in [6.45, 7) is 7.77. The Morgan fingerprint density at radius 3 is 2.37 bits per heavy atom. The first-order valence-corrected chi connectivity index (χ1v) is 14.3. The zero-order chi connectivity index (χ0) is 31.9. The van der Waals surface area contributed by atoms with Gasteiger partial charge in [0.1, 0.15) is 24.1 Å². The maximum atomic E-state index is 14.2. The van der Waals surface area contributed by atoms with Crippen LogP contribution in [0.5, 0.6) is 5.88 Å². The molecule has 0 aliphatic rings. The van der Waals surface area contributed by atoms with Crippen molar-refractivity contribution in [2.45, 2.75) is 49.3 Å². The van der Waals surface area contributed by atoms with Crippen LogP contribution in [-0.2, 0) is 25.9 Å². The molecular formula is C30H30F2N4O6S. The Balaban J connectivity index is 2.26. The van der Waals surface area contributed by atoms with E-state index in [9.17, 15) is 27.1 Å². The highest BCUT2D eigenvalue weighted by Crippen LogP contribution is 2.29. The molecule has 0 aliphatic carbocycles. The third-order valence-corrected chi connectivity index (χ3v) is 7.91. The van der Waals surface area contributed by atoms with Gasteiger partial charge in [-0.25, -0.2) is 17.2 Å². The Labute approximate surface area is 247 Å². The summed E-state index contributed by atoms with van der Waals surface area (Å²) in [5.74, 6) is -3.12. The van der Waals surface area contributed by atoms with Gasteiger partial charge in [-0.15, -0.1) is 0 Å². The van der Waals surface area contributed by atoms with Gasteiger partial charge in [0.15, 0.2) is 4.90 Å². The fourth-order valence-electron chi connectivity index (χ4n) is 4.20. The molecule has 0 fully saturated rings. The third-order valence-electron chi connectivity index (χ3n) is 6.13. The zero-order valence-corrected chi connectivity index (χ0v) is 24.7. The van der Waals surface area contributed by atoms with Crippen molar-refractivity contribution in [1.29, 1.82) is 5.26 Å². The number of rotatable bonds is 12. The highest BCUT2D eigenvalue weighted by atomic mass is 32.2. The number of hydrogen-bond donors (Lipinski definition) is 1. The van der Waals surface area contributed by atoms with Crippen LogP contribution in [0.1, 0.15) is 43.8 Å². The van der Waals surface area contributed by atoms with E-state index in [4.69, 9.17) is 14.7 Å². The summed E-state index contributed by atoms with van der Waals surface area (Å²) < 4.78 is 67.6. The van der Waals surface area contributed by atoms with Gasteiger partial charge >= 0.3 is 0 Å². The molecule has 0 spiro atoms. The lowest BCUT2D eigenvalue weighted by molar-refractivity contribution is 0.0557. The van der Waals surface area contributed by atoms with E-state index in [1.165, 1.54) is 43.7 Å². The lowest BCUT2D eigenvalue weighted by Crippen LogP contribution is -2.35. The van der Waals surface area contributed by atoms with E-state index in [-0.39, 0.29) is 35.6 Å². The Bertz CT molecular complexity index is 1760. The van der Waals surface area contributed by atoms with Crippen molar-refractivity contribution in [1.82, 2.24) is 9.55 Å². The number of aliphatic imine (C=N–C) groups is 1. The Morgan fingerprint density at radius 1 is 1.21 bits per heavy atom. The van der Waals surface area contributed by atoms with Gasteiger partial charge in [-0.05, 0) is 69.0 Å². The molecule has 0 saturated carbocycles. The van der Waals surface area contributed by atoms with Crippen LogP contribution < -0.4 is 5.56 Å². The van der Waals surface area contributed by atoms with Gasteiger partial charge in [0.05, 0.1) is 29.7 Å². The highest BCUT2D eigenvalue weighted by molar-refractivity contribution is 7.91. The minimum Gasteiger partial charge on any atom is -0.492 e. The van der Waals surface area contributed by atoms with Crippen molar-refractivity contribution in [2.24, 2.45) is 4.99 Å². The molecule has 0 saturated heterocycles. The average Bonchev–Trinajstić information content (AvgIpc) is 2.94. The van der Waals surface area contributed by atoms with Crippen molar-refractivity contribution >= 4 is 22.1 Å². The topological polar surface area (TPSA) is 144 Å². The molecule has 0 unspecified atom stereocenters. The van der Waals surface area contributed by atoms with Gasteiger partial charge in [0, 0.05) is 30.5 Å². The van der Waals surface area contributed by atoms with E-state index in [0.29, 0.717) is 22.8 Å². The van der Waals surface area contributed by atoms with Crippen molar-refractivity contribution in [3.8, 4) is 11.9 Å². The number of methoxy groups -OCH3 is 1. The molecule has 2 aromatic carbocycles. The minimum atomic E-state index is -4.70. The van der Waals surface area contributed by atoms with Crippen LogP contribution in [0, 0.1) is 23.0 Å². The lowest BCUT2D eigenvalue weighted by Gasteiger charge is -2.24. The summed E-state index contributed by atoms with van der Waals surface area (Å²) in [4.78, 5) is 20.3. The smallest absolute Gasteiger partial charge is 0.277 e. The number of ether oxygens (including phenoxy) is 2. The molecule has 0 amide bonds. The predicted molar refractivity (Wildman–Crippen MR) is 155 cm³/mol. The van der Waals surface area contributed by atoms with Crippen LogP contribution in [0.3, 0.4) is 0 Å². The number of hydrogen-bond acceptors (Lipinski definition) is 9. The molecule has 3 rings (SSSR count). The van der Waals surface area contributed by atoms with Crippen LogP contribution in [0.4, 0.5) is 8.78 Å². The summed E-state index contributed by atoms with van der Waals surface area (Å²) >= 11 is 0. The highest BCUT2D eigenvalue weighted by Gasteiger charge is 2.32. The minimum absolute atomic E-state index is 0.0386. The van der Waals surface area contributed by atoms with Gasteiger partial charge in [0.25, 0.3) is 5.56 Å². The zero-order valence-electron chi connectivity index (χ0n) is 23.9. The summed E-state index contributed by atoms with van der Waals surface area (Å²) in [6, 6.07) is 8.65. The first-order valence-electron chi connectivity index (χ1n) is 12.8. The fourth-order valence-corrected chi connectivity index (χ4v) is 5.54. The second-order valence-electron chi connectivity index (χ2n) is 9.62. The number of allylic oxidation sites excluding steroid dienone is 3. The summed E-state index contributed by atoms with van der Waals surface area (Å²) in [7, 11) is -3.40. The monoisotopic (exact) mass is 612 g/mol. The largest absolute Gasteiger partial charge is 0.492 e. The standard InChI is InChI=1S/C30H30F2N4O6S/c1-18(2)42-17-27-35-29(37)28(30(38)36(27)26(16-41-5)21-11-23(31)13-24(32)12-21)43(39,40)25-8-6-20(7-9-25)22(15-34-4)10-19(3)14-33/h6-13,15,18,26,37H,4,16-17H2,1-3,5H3/b19-10+,22-15+/t26-/m0/s1. The lowest BCUT2D eigenvalue weighted by atomic mass is 10.0. The SMILES string of the molecule is C=N/C=C(\C=C(/C)C#N)c1ccc(S(=O)(=O)c2c(O)nc(COC(C)C)n([C@@H](COC)c3cc(F)cc(F)c3)c2=O)cc1. The number of aromatic nitrogens is 2. The molecule has 10 nitrogen and oxygen atoms in total. The number of nitrogens with zero attached hydrogens (tertiary/aromatic N) is 4. The maximum absolute atomic E-state index is 14.2. The van der Waals surface area contributed by atoms with E-state index < -0.39 is 43.8 Å². The Hall–Kier alpha value is -4.51. The van der Waals surface area contributed by atoms with E-state index in [2.05, 4.69) is 16.7 Å². The quantitative estimate of drug-likeness (QED) is 0.176. The van der Waals surface area contributed by atoms with Crippen LogP contribution in [-0.4, -0.2) is 49.6 Å². The van der Waals surface area contributed by atoms with Crippen LogP contribution >= 0.6 is 0 Å². The third kappa shape index (κ3) is 7.66. The predicted octanol–water partition coefficient (Wildman–Crippen LogP) is 4.73. The second-order valence-corrected chi connectivity index (χ2v) is 11.5. The molecule has 0 radical (unpaired) electrons. The molecular weight excluding hydrogens is 582 g/mol. The molecule has 13 heteroatoms. The fraction of sp³-hybridized carbons (Fsp3) is 0.267. The van der Waals surface area contributed by atoms with Gasteiger partial charge in [0.2, 0.25) is 15.7 Å². The molecule has 3 aromatic rings. The molecule has 1 N–H and O–H groups in total. The number of aromatic hydroxyl groups is 1. The number of sulfone groups is 1. The maximum Gasteiger partial charge on any atom is 0.277 e. The van der Waals surface area contributed by atoms with Crippen LogP contribution in [0.2, 0.25) is 0 Å². The van der Waals surface area contributed by atoms with Crippen LogP contribution in [0.25, 0.3) is 5.57 Å². The summed E-state index contributed by atoms with van der Waals surface area (Å²) in [6.07, 6.45) is 2.58. The normalized spacial score (nSPS) is 13.2. The molecule has 43 heavy (non-hydrogen) atoms. The second kappa shape index (κ2) is 14.1. The van der Waals surface area contributed by atoms with Crippen LogP contribution in [0.15, 0.2) is 79.9 Å². The Kier molecular flexibility index (Phi) is 10.8. The average molecular weight is 613 g/mol. The molecule has 0 bridgehead atoms. The van der Waals surface area contributed by atoms with Crippen molar-refractivity contribution in [2.75, 3.05) is 13.7 Å². The van der Waals surface area contributed by atoms with E-state index in [1.54, 1.807) is 20.8 Å². The van der Waals surface area contributed by atoms with Gasteiger partial charge in [-0.1, -0.05) is 12.1 Å². The van der Waals surface area contributed by atoms with Gasteiger partial charge in [-0.2, -0.15) is 10.2 Å². The molecule has 1 heterocycles. The molecule has 0 aliphatic heterocycles. The molecule has 226 valence electrons. The van der Waals surface area contributed by atoms with Gasteiger partial charge in [-0.3, -0.25) is 14.4 Å². The number of nitriles is 1. The van der Waals surface area contributed by atoms with Gasteiger partial charge < -0.3 is 14.6 Å². The molecule has 1 aromatic heterocycles. The number of benzene rings is 2. The van der Waals surface area contributed by atoms with E-state index >= 15 is 0 Å². The van der Waals surface area contributed by atoms with E-state index in [1.807, 2.05) is 6.07 Å².